The lowest BCUT2D eigenvalue weighted by molar-refractivity contribution is 0.251. The summed E-state index contributed by atoms with van der Waals surface area (Å²) in [5.74, 6) is 0. The number of hydrogen-bond donors (Lipinski definition) is 2. The molecule has 0 atom stereocenters. The SMILES string of the molecule is Cc1ccc(CNC(=O)Nc2cc(C)ccc2C)cc1. The van der Waals surface area contributed by atoms with Crippen LogP contribution in [-0.2, 0) is 6.54 Å². The van der Waals surface area contributed by atoms with Crippen molar-refractivity contribution in [2.45, 2.75) is 27.3 Å². The zero-order valence-corrected chi connectivity index (χ0v) is 12.2. The van der Waals surface area contributed by atoms with Crippen LogP contribution in [0.4, 0.5) is 10.5 Å². The Balaban J connectivity index is 1.92. The molecule has 0 aliphatic carbocycles. The minimum absolute atomic E-state index is 0.181. The van der Waals surface area contributed by atoms with Gasteiger partial charge in [-0.05, 0) is 43.5 Å². The van der Waals surface area contributed by atoms with E-state index in [9.17, 15) is 4.79 Å². The molecule has 0 aromatic heterocycles. The smallest absolute Gasteiger partial charge is 0.319 e. The van der Waals surface area contributed by atoms with Gasteiger partial charge in [-0.25, -0.2) is 4.79 Å². The lowest BCUT2D eigenvalue weighted by atomic mass is 10.1. The molecule has 3 nitrogen and oxygen atoms in total. The first kappa shape index (κ1) is 14.1. The lowest BCUT2D eigenvalue weighted by Crippen LogP contribution is -2.28. The van der Waals surface area contributed by atoms with Gasteiger partial charge in [0.15, 0.2) is 0 Å². The number of nitrogens with one attached hydrogen (secondary N) is 2. The number of amides is 2. The molecule has 0 spiro atoms. The number of hydrogen-bond acceptors (Lipinski definition) is 1. The van der Waals surface area contributed by atoms with Crippen LogP contribution in [0.15, 0.2) is 42.5 Å². The van der Waals surface area contributed by atoms with Gasteiger partial charge in [0.2, 0.25) is 0 Å². The molecule has 0 aliphatic rings. The highest BCUT2D eigenvalue weighted by Gasteiger charge is 2.04. The minimum atomic E-state index is -0.181. The molecule has 2 rings (SSSR count). The Labute approximate surface area is 120 Å². The van der Waals surface area contributed by atoms with Gasteiger partial charge >= 0.3 is 6.03 Å². The molecular formula is C17H20N2O. The largest absolute Gasteiger partial charge is 0.334 e. The van der Waals surface area contributed by atoms with Crippen LogP contribution in [0.5, 0.6) is 0 Å². The van der Waals surface area contributed by atoms with E-state index in [0.717, 1.165) is 22.4 Å². The third kappa shape index (κ3) is 3.85. The normalized spacial score (nSPS) is 10.2. The van der Waals surface area contributed by atoms with E-state index in [1.807, 2.05) is 63.2 Å². The van der Waals surface area contributed by atoms with E-state index in [1.165, 1.54) is 5.56 Å². The number of anilines is 1. The first-order valence-corrected chi connectivity index (χ1v) is 6.72. The maximum Gasteiger partial charge on any atom is 0.319 e. The molecule has 2 aromatic carbocycles. The Morgan fingerprint density at radius 1 is 0.950 bits per heavy atom. The Kier molecular flexibility index (Phi) is 4.41. The third-order valence-electron chi connectivity index (χ3n) is 3.21. The zero-order chi connectivity index (χ0) is 14.5. The van der Waals surface area contributed by atoms with Crippen molar-refractivity contribution in [1.82, 2.24) is 5.32 Å². The average Bonchev–Trinajstić information content (AvgIpc) is 2.42. The van der Waals surface area contributed by atoms with Crippen molar-refractivity contribution in [3.05, 3.63) is 64.7 Å². The van der Waals surface area contributed by atoms with Gasteiger partial charge in [0.25, 0.3) is 0 Å². The summed E-state index contributed by atoms with van der Waals surface area (Å²) in [6, 6.07) is 14.0. The van der Waals surface area contributed by atoms with E-state index in [0.29, 0.717) is 6.54 Å². The number of rotatable bonds is 3. The van der Waals surface area contributed by atoms with Gasteiger partial charge in [-0.1, -0.05) is 42.0 Å². The molecule has 0 unspecified atom stereocenters. The molecule has 0 aliphatic heterocycles. The zero-order valence-electron chi connectivity index (χ0n) is 12.2. The second kappa shape index (κ2) is 6.24. The second-order valence-electron chi connectivity index (χ2n) is 5.11. The van der Waals surface area contributed by atoms with Gasteiger partial charge in [-0.3, -0.25) is 0 Å². The fourth-order valence-corrected chi connectivity index (χ4v) is 1.93. The number of carbonyl (C=O) groups is 1. The first-order chi connectivity index (χ1) is 9.54. The van der Waals surface area contributed by atoms with Crippen molar-refractivity contribution in [3.63, 3.8) is 0 Å². The highest BCUT2D eigenvalue weighted by Crippen LogP contribution is 2.16. The Morgan fingerprint density at radius 3 is 2.30 bits per heavy atom. The maximum absolute atomic E-state index is 11.9. The fraction of sp³-hybridized carbons (Fsp3) is 0.235. The maximum atomic E-state index is 11.9. The summed E-state index contributed by atoms with van der Waals surface area (Å²) in [7, 11) is 0. The van der Waals surface area contributed by atoms with Crippen molar-refractivity contribution < 1.29 is 4.79 Å². The first-order valence-electron chi connectivity index (χ1n) is 6.72. The van der Waals surface area contributed by atoms with E-state index >= 15 is 0 Å². The van der Waals surface area contributed by atoms with Crippen LogP contribution < -0.4 is 10.6 Å². The van der Waals surface area contributed by atoms with Crippen LogP contribution in [0, 0.1) is 20.8 Å². The molecule has 2 amide bonds. The molecule has 0 saturated carbocycles. The van der Waals surface area contributed by atoms with E-state index < -0.39 is 0 Å². The van der Waals surface area contributed by atoms with E-state index in [-0.39, 0.29) is 6.03 Å². The van der Waals surface area contributed by atoms with Gasteiger partial charge in [0, 0.05) is 12.2 Å². The molecule has 0 fully saturated rings. The van der Waals surface area contributed by atoms with Crippen molar-refractivity contribution in [2.24, 2.45) is 0 Å². The van der Waals surface area contributed by atoms with Gasteiger partial charge in [0.05, 0.1) is 0 Å². The minimum Gasteiger partial charge on any atom is -0.334 e. The molecule has 0 bridgehead atoms. The second-order valence-corrected chi connectivity index (χ2v) is 5.11. The topological polar surface area (TPSA) is 41.1 Å². The molecule has 0 saturated heterocycles. The van der Waals surface area contributed by atoms with Crippen LogP contribution in [-0.4, -0.2) is 6.03 Å². The van der Waals surface area contributed by atoms with Gasteiger partial charge < -0.3 is 10.6 Å². The molecular weight excluding hydrogens is 248 g/mol. The lowest BCUT2D eigenvalue weighted by Gasteiger charge is -2.11. The molecule has 104 valence electrons. The van der Waals surface area contributed by atoms with E-state index in [1.54, 1.807) is 0 Å². The molecule has 0 radical (unpaired) electrons. The average molecular weight is 268 g/mol. The summed E-state index contributed by atoms with van der Waals surface area (Å²) in [4.78, 5) is 11.9. The number of benzene rings is 2. The predicted molar refractivity (Wildman–Crippen MR) is 83.0 cm³/mol. The summed E-state index contributed by atoms with van der Waals surface area (Å²) < 4.78 is 0. The third-order valence-corrected chi connectivity index (χ3v) is 3.21. The van der Waals surface area contributed by atoms with E-state index in [2.05, 4.69) is 10.6 Å². The Hall–Kier alpha value is -2.29. The number of aryl methyl sites for hydroxylation is 3. The van der Waals surface area contributed by atoms with Crippen molar-refractivity contribution >= 4 is 11.7 Å². The predicted octanol–water partition coefficient (Wildman–Crippen LogP) is 3.93. The van der Waals surface area contributed by atoms with Crippen LogP contribution in [0.1, 0.15) is 22.3 Å². The molecule has 3 heteroatoms. The van der Waals surface area contributed by atoms with Crippen LogP contribution in [0.3, 0.4) is 0 Å². The number of urea groups is 1. The van der Waals surface area contributed by atoms with Crippen LogP contribution in [0.2, 0.25) is 0 Å². The van der Waals surface area contributed by atoms with E-state index in [4.69, 9.17) is 0 Å². The molecule has 2 aromatic rings. The van der Waals surface area contributed by atoms with Gasteiger partial charge in [-0.15, -0.1) is 0 Å². The molecule has 0 heterocycles. The van der Waals surface area contributed by atoms with Gasteiger partial charge in [0.1, 0.15) is 0 Å². The summed E-state index contributed by atoms with van der Waals surface area (Å²) in [6.07, 6.45) is 0. The number of carbonyl (C=O) groups excluding carboxylic acids is 1. The van der Waals surface area contributed by atoms with Crippen molar-refractivity contribution in [3.8, 4) is 0 Å². The fourth-order valence-electron chi connectivity index (χ4n) is 1.93. The van der Waals surface area contributed by atoms with Gasteiger partial charge in [-0.2, -0.15) is 0 Å². The highest BCUT2D eigenvalue weighted by molar-refractivity contribution is 5.90. The standard InChI is InChI=1S/C17H20N2O/c1-12-5-8-15(9-6-12)11-18-17(20)19-16-10-13(2)4-7-14(16)3/h4-10H,11H2,1-3H3,(H2,18,19,20). The Bertz CT molecular complexity index is 603. The molecule has 20 heavy (non-hydrogen) atoms. The summed E-state index contributed by atoms with van der Waals surface area (Å²) >= 11 is 0. The quantitative estimate of drug-likeness (QED) is 0.870. The highest BCUT2D eigenvalue weighted by atomic mass is 16.2. The summed E-state index contributed by atoms with van der Waals surface area (Å²) in [5.41, 5.74) is 5.34. The Morgan fingerprint density at radius 2 is 1.60 bits per heavy atom. The molecule has 2 N–H and O–H groups in total. The van der Waals surface area contributed by atoms with Crippen LogP contribution >= 0.6 is 0 Å². The monoisotopic (exact) mass is 268 g/mol. The van der Waals surface area contributed by atoms with Crippen molar-refractivity contribution in [1.29, 1.82) is 0 Å². The summed E-state index contributed by atoms with van der Waals surface area (Å²) in [5, 5.41) is 5.75. The summed E-state index contributed by atoms with van der Waals surface area (Å²) in [6.45, 7) is 6.56. The van der Waals surface area contributed by atoms with Crippen LogP contribution in [0.25, 0.3) is 0 Å². The van der Waals surface area contributed by atoms with Crippen molar-refractivity contribution in [2.75, 3.05) is 5.32 Å².